The summed E-state index contributed by atoms with van der Waals surface area (Å²) in [6, 6.07) is 4.76. The summed E-state index contributed by atoms with van der Waals surface area (Å²) in [6.07, 6.45) is 1.42. The third kappa shape index (κ3) is 2.06. The van der Waals surface area contributed by atoms with Crippen LogP contribution in [0.1, 0.15) is 18.9 Å². The fourth-order valence-electron chi connectivity index (χ4n) is 2.99. The van der Waals surface area contributed by atoms with Crippen molar-refractivity contribution in [2.24, 2.45) is 5.92 Å². The standard InChI is InChI=1S/C14H16N2O4/c1-9-6-11-7-12(16(18)19)2-3-13(11)15(9)14(17)10-4-5-20-8-10/h2-3,7,9-10H,4-6,8H2,1H3/t9-,10-/m0/s1. The van der Waals surface area contributed by atoms with E-state index in [1.54, 1.807) is 17.0 Å². The first-order valence-corrected chi connectivity index (χ1v) is 6.76. The summed E-state index contributed by atoms with van der Waals surface area (Å²) < 4.78 is 5.27. The lowest BCUT2D eigenvalue weighted by molar-refractivity contribution is -0.384. The summed E-state index contributed by atoms with van der Waals surface area (Å²) in [5, 5.41) is 10.8. The van der Waals surface area contributed by atoms with Gasteiger partial charge in [0.1, 0.15) is 0 Å². The van der Waals surface area contributed by atoms with Gasteiger partial charge in [0.25, 0.3) is 5.69 Å². The smallest absolute Gasteiger partial charge is 0.269 e. The number of anilines is 1. The Kier molecular flexibility index (Phi) is 3.17. The van der Waals surface area contributed by atoms with Gasteiger partial charge in [0, 0.05) is 30.5 Å². The van der Waals surface area contributed by atoms with Crippen LogP contribution in [0.15, 0.2) is 18.2 Å². The van der Waals surface area contributed by atoms with Gasteiger partial charge in [-0.1, -0.05) is 0 Å². The second-order valence-corrected chi connectivity index (χ2v) is 5.39. The summed E-state index contributed by atoms with van der Waals surface area (Å²) in [6.45, 7) is 3.08. The van der Waals surface area contributed by atoms with Gasteiger partial charge in [0.2, 0.25) is 5.91 Å². The van der Waals surface area contributed by atoms with Crippen LogP contribution in [0.3, 0.4) is 0 Å². The molecule has 0 bridgehead atoms. The van der Waals surface area contributed by atoms with Gasteiger partial charge in [0.05, 0.1) is 17.4 Å². The molecule has 1 aromatic rings. The number of nitro benzene ring substituents is 1. The molecule has 106 valence electrons. The minimum absolute atomic E-state index is 0.0418. The number of carbonyl (C=O) groups is 1. The van der Waals surface area contributed by atoms with Crippen molar-refractivity contribution in [2.45, 2.75) is 25.8 Å². The van der Waals surface area contributed by atoms with Gasteiger partial charge in [-0.05, 0) is 31.4 Å². The van der Waals surface area contributed by atoms with E-state index in [9.17, 15) is 14.9 Å². The van der Waals surface area contributed by atoms with E-state index in [0.717, 1.165) is 17.7 Å². The number of amides is 1. The lowest BCUT2D eigenvalue weighted by Crippen LogP contribution is -2.40. The molecule has 0 N–H and O–H groups in total. The predicted octanol–water partition coefficient (Wildman–Crippen LogP) is 1.91. The first-order chi connectivity index (χ1) is 9.58. The van der Waals surface area contributed by atoms with Crippen LogP contribution in [0.25, 0.3) is 0 Å². The molecule has 1 fully saturated rings. The molecule has 0 radical (unpaired) electrons. The summed E-state index contributed by atoms with van der Waals surface area (Å²) in [7, 11) is 0. The minimum Gasteiger partial charge on any atom is -0.381 e. The first kappa shape index (κ1) is 13.1. The van der Waals surface area contributed by atoms with E-state index in [-0.39, 0.29) is 23.6 Å². The van der Waals surface area contributed by atoms with E-state index < -0.39 is 4.92 Å². The molecule has 3 rings (SSSR count). The van der Waals surface area contributed by atoms with E-state index in [1.165, 1.54) is 6.07 Å². The van der Waals surface area contributed by atoms with Gasteiger partial charge >= 0.3 is 0 Å². The van der Waals surface area contributed by atoms with Gasteiger partial charge in [0.15, 0.2) is 0 Å². The van der Waals surface area contributed by atoms with Crippen molar-refractivity contribution < 1.29 is 14.5 Å². The zero-order valence-corrected chi connectivity index (χ0v) is 11.2. The molecular weight excluding hydrogens is 260 g/mol. The number of nitrogens with zero attached hydrogens (tertiary/aromatic N) is 2. The Morgan fingerprint density at radius 2 is 2.30 bits per heavy atom. The molecule has 0 unspecified atom stereocenters. The lowest BCUT2D eigenvalue weighted by Gasteiger charge is -2.25. The molecule has 2 aliphatic rings. The average Bonchev–Trinajstić information content (AvgIpc) is 3.03. The van der Waals surface area contributed by atoms with Crippen molar-refractivity contribution in [1.82, 2.24) is 0 Å². The SMILES string of the molecule is C[C@H]1Cc2cc([N+](=O)[O-])ccc2N1C(=O)[C@H]1CCOC1. The number of hydrogen-bond donors (Lipinski definition) is 0. The van der Waals surface area contributed by atoms with Gasteiger partial charge in [-0.2, -0.15) is 0 Å². The number of rotatable bonds is 2. The fourth-order valence-corrected chi connectivity index (χ4v) is 2.99. The molecule has 6 heteroatoms. The Morgan fingerprint density at radius 1 is 1.50 bits per heavy atom. The molecule has 0 spiro atoms. The maximum Gasteiger partial charge on any atom is 0.269 e. The number of non-ortho nitro benzene ring substituents is 1. The highest BCUT2D eigenvalue weighted by molar-refractivity contribution is 5.98. The van der Waals surface area contributed by atoms with Crippen LogP contribution < -0.4 is 4.90 Å². The van der Waals surface area contributed by atoms with Gasteiger partial charge in [-0.3, -0.25) is 14.9 Å². The Labute approximate surface area is 116 Å². The van der Waals surface area contributed by atoms with E-state index in [0.29, 0.717) is 19.6 Å². The number of carbonyl (C=O) groups excluding carboxylic acids is 1. The van der Waals surface area contributed by atoms with Gasteiger partial charge in [-0.25, -0.2) is 0 Å². The summed E-state index contributed by atoms with van der Waals surface area (Å²) >= 11 is 0. The highest BCUT2D eigenvalue weighted by Gasteiger charge is 2.36. The normalized spacial score (nSPS) is 24.8. The van der Waals surface area contributed by atoms with Crippen molar-refractivity contribution in [3.05, 3.63) is 33.9 Å². The molecule has 1 amide bonds. The fraction of sp³-hybridized carbons (Fsp3) is 0.500. The minimum atomic E-state index is -0.403. The van der Waals surface area contributed by atoms with Crippen LogP contribution >= 0.6 is 0 Å². The molecule has 0 saturated carbocycles. The number of fused-ring (bicyclic) bond motifs is 1. The van der Waals surface area contributed by atoms with E-state index in [1.807, 2.05) is 6.92 Å². The zero-order chi connectivity index (χ0) is 14.3. The van der Waals surface area contributed by atoms with E-state index in [2.05, 4.69) is 0 Å². The van der Waals surface area contributed by atoms with Crippen LogP contribution in [0.5, 0.6) is 0 Å². The lowest BCUT2D eigenvalue weighted by atomic mass is 10.1. The monoisotopic (exact) mass is 276 g/mol. The summed E-state index contributed by atoms with van der Waals surface area (Å²) in [4.78, 5) is 24.7. The molecule has 2 heterocycles. The zero-order valence-electron chi connectivity index (χ0n) is 11.2. The summed E-state index contributed by atoms with van der Waals surface area (Å²) in [5.41, 5.74) is 1.76. The molecule has 2 aliphatic heterocycles. The van der Waals surface area contributed by atoms with E-state index >= 15 is 0 Å². The van der Waals surface area contributed by atoms with Gasteiger partial charge < -0.3 is 9.64 Å². The first-order valence-electron chi connectivity index (χ1n) is 6.76. The number of hydrogen-bond acceptors (Lipinski definition) is 4. The molecule has 0 aliphatic carbocycles. The average molecular weight is 276 g/mol. The maximum absolute atomic E-state index is 12.6. The number of ether oxygens (including phenoxy) is 1. The molecule has 0 aromatic heterocycles. The molecule has 2 atom stereocenters. The van der Waals surface area contributed by atoms with Gasteiger partial charge in [-0.15, -0.1) is 0 Å². The number of nitro groups is 1. The van der Waals surface area contributed by atoms with Crippen molar-refractivity contribution >= 4 is 17.3 Å². The van der Waals surface area contributed by atoms with Crippen LogP contribution in [-0.2, 0) is 16.0 Å². The van der Waals surface area contributed by atoms with Crippen molar-refractivity contribution in [1.29, 1.82) is 0 Å². The van der Waals surface area contributed by atoms with Crippen LogP contribution in [0.2, 0.25) is 0 Å². The Morgan fingerprint density at radius 3 is 2.95 bits per heavy atom. The van der Waals surface area contributed by atoms with E-state index in [4.69, 9.17) is 4.74 Å². The highest BCUT2D eigenvalue weighted by Crippen LogP contribution is 2.36. The highest BCUT2D eigenvalue weighted by atomic mass is 16.6. The third-order valence-corrected chi connectivity index (χ3v) is 4.01. The quantitative estimate of drug-likeness (QED) is 0.611. The molecular formula is C14H16N2O4. The Bertz CT molecular complexity index is 566. The number of benzene rings is 1. The van der Waals surface area contributed by atoms with Crippen LogP contribution in [-0.4, -0.2) is 30.1 Å². The van der Waals surface area contributed by atoms with Crippen molar-refractivity contribution in [2.75, 3.05) is 18.1 Å². The molecule has 1 aromatic carbocycles. The van der Waals surface area contributed by atoms with Crippen LogP contribution in [0.4, 0.5) is 11.4 Å². The van der Waals surface area contributed by atoms with Crippen LogP contribution in [0, 0.1) is 16.0 Å². The Balaban J connectivity index is 1.91. The molecule has 20 heavy (non-hydrogen) atoms. The predicted molar refractivity (Wildman–Crippen MR) is 72.7 cm³/mol. The van der Waals surface area contributed by atoms with Crippen molar-refractivity contribution in [3.63, 3.8) is 0 Å². The topological polar surface area (TPSA) is 72.7 Å². The molecule has 6 nitrogen and oxygen atoms in total. The summed E-state index contributed by atoms with van der Waals surface area (Å²) in [5.74, 6) is -0.0128. The Hall–Kier alpha value is -1.95. The second-order valence-electron chi connectivity index (χ2n) is 5.39. The third-order valence-electron chi connectivity index (χ3n) is 4.01. The van der Waals surface area contributed by atoms with Crippen molar-refractivity contribution in [3.8, 4) is 0 Å². The largest absolute Gasteiger partial charge is 0.381 e. The maximum atomic E-state index is 12.6. The second kappa shape index (κ2) is 4.86. The molecule has 1 saturated heterocycles.